The summed E-state index contributed by atoms with van der Waals surface area (Å²) in [4.78, 5) is 25.2. The van der Waals surface area contributed by atoms with Crippen molar-refractivity contribution in [1.29, 1.82) is 0 Å². The first-order valence-corrected chi connectivity index (χ1v) is 6.19. The zero-order valence-electron chi connectivity index (χ0n) is 12.2. The van der Waals surface area contributed by atoms with Gasteiger partial charge < -0.3 is 9.64 Å². The lowest BCUT2D eigenvalue weighted by molar-refractivity contribution is 0.0855. The highest BCUT2D eigenvalue weighted by molar-refractivity contribution is 6.01. The number of nitrogens with zero attached hydrogens (tertiary/aromatic N) is 1. The number of rotatable bonds is 3. The highest BCUT2D eigenvalue weighted by Crippen LogP contribution is 2.23. The van der Waals surface area contributed by atoms with Gasteiger partial charge in [-0.3, -0.25) is 4.79 Å². The Kier molecular flexibility index (Phi) is 4.70. The Hall–Kier alpha value is -1.84. The summed E-state index contributed by atoms with van der Waals surface area (Å²) < 4.78 is 4.65. The second-order valence-electron chi connectivity index (χ2n) is 5.56. The third-order valence-corrected chi connectivity index (χ3v) is 2.84. The number of amides is 1. The van der Waals surface area contributed by atoms with Crippen LogP contribution in [0.4, 0.5) is 4.79 Å². The van der Waals surface area contributed by atoms with Gasteiger partial charge >= 0.3 is 6.09 Å². The number of hydrogen-bond donors (Lipinski definition) is 0. The molecule has 0 aliphatic carbocycles. The lowest BCUT2D eigenvalue weighted by Crippen LogP contribution is -2.28. The van der Waals surface area contributed by atoms with E-state index < -0.39 is 11.5 Å². The smallest absolute Gasteiger partial charge is 0.409 e. The molecular weight excluding hydrogens is 242 g/mol. The number of methoxy groups -OCH3 is 1. The molecule has 0 radical (unpaired) electrons. The van der Waals surface area contributed by atoms with Crippen molar-refractivity contribution in [2.24, 2.45) is 5.41 Å². The van der Waals surface area contributed by atoms with Crippen LogP contribution < -0.4 is 0 Å². The molecule has 0 N–H and O–H groups in total. The van der Waals surface area contributed by atoms with Gasteiger partial charge in [0.25, 0.3) is 0 Å². The summed E-state index contributed by atoms with van der Waals surface area (Å²) in [5, 5.41) is 0. The largest absolute Gasteiger partial charge is 0.453 e. The minimum Gasteiger partial charge on any atom is -0.453 e. The van der Waals surface area contributed by atoms with Gasteiger partial charge in [0, 0.05) is 24.6 Å². The summed E-state index contributed by atoms with van der Waals surface area (Å²) in [6, 6.07) is 7.35. The first-order valence-electron chi connectivity index (χ1n) is 6.19. The Bertz CT molecular complexity index is 475. The van der Waals surface area contributed by atoms with Crippen molar-refractivity contribution >= 4 is 11.9 Å². The van der Waals surface area contributed by atoms with Crippen LogP contribution in [0.5, 0.6) is 0 Å². The standard InChI is InChI=1S/C15H21NO3/c1-15(2,3)13(17)12-9-7-6-8-11(12)10-16(4)14(18)19-5/h6-9H,10H2,1-5H3. The van der Waals surface area contributed by atoms with E-state index in [4.69, 9.17) is 0 Å². The van der Waals surface area contributed by atoms with Gasteiger partial charge in [-0.15, -0.1) is 0 Å². The summed E-state index contributed by atoms with van der Waals surface area (Å²) in [6.07, 6.45) is -0.419. The van der Waals surface area contributed by atoms with Crippen LogP contribution >= 0.6 is 0 Å². The zero-order valence-corrected chi connectivity index (χ0v) is 12.2. The molecule has 0 bridgehead atoms. The van der Waals surface area contributed by atoms with Crippen molar-refractivity contribution < 1.29 is 14.3 Å². The van der Waals surface area contributed by atoms with Gasteiger partial charge in [0.2, 0.25) is 0 Å². The normalized spacial score (nSPS) is 11.0. The molecule has 0 fully saturated rings. The predicted molar refractivity (Wildman–Crippen MR) is 74.1 cm³/mol. The topological polar surface area (TPSA) is 46.6 Å². The van der Waals surface area contributed by atoms with Gasteiger partial charge in [-0.05, 0) is 5.56 Å². The fourth-order valence-electron chi connectivity index (χ4n) is 1.76. The van der Waals surface area contributed by atoms with Crippen molar-refractivity contribution in [3.05, 3.63) is 35.4 Å². The van der Waals surface area contributed by atoms with Crippen LogP contribution in [-0.2, 0) is 11.3 Å². The summed E-state index contributed by atoms with van der Waals surface area (Å²) >= 11 is 0. The highest BCUT2D eigenvalue weighted by Gasteiger charge is 2.25. The molecule has 1 rings (SSSR count). The second-order valence-corrected chi connectivity index (χ2v) is 5.56. The molecule has 0 saturated heterocycles. The van der Waals surface area contributed by atoms with Crippen LogP contribution in [0.3, 0.4) is 0 Å². The maximum Gasteiger partial charge on any atom is 0.409 e. The van der Waals surface area contributed by atoms with E-state index >= 15 is 0 Å². The lowest BCUT2D eigenvalue weighted by atomic mass is 9.84. The van der Waals surface area contributed by atoms with E-state index in [0.29, 0.717) is 12.1 Å². The number of ketones is 1. The molecule has 0 atom stereocenters. The minimum absolute atomic E-state index is 0.0707. The molecule has 1 amide bonds. The zero-order chi connectivity index (χ0) is 14.6. The number of carbonyl (C=O) groups excluding carboxylic acids is 2. The quantitative estimate of drug-likeness (QED) is 0.787. The van der Waals surface area contributed by atoms with Crippen LogP contribution in [0.1, 0.15) is 36.7 Å². The van der Waals surface area contributed by atoms with E-state index in [2.05, 4.69) is 4.74 Å². The monoisotopic (exact) mass is 263 g/mol. The lowest BCUT2D eigenvalue weighted by Gasteiger charge is -2.21. The molecule has 0 aliphatic heterocycles. The molecule has 1 aromatic rings. The van der Waals surface area contributed by atoms with Crippen molar-refractivity contribution in [1.82, 2.24) is 4.90 Å². The van der Waals surface area contributed by atoms with Crippen LogP contribution in [0.25, 0.3) is 0 Å². The molecule has 4 heteroatoms. The molecule has 19 heavy (non-hydrogen) atoms. The Morgan fingerprint density at radius 1 is 1.21 bits per heavy atom. The molecule has 0 heterocycles. The Morgan fingerprint density at radius 2 is 1.79 bits per heavy atom. The van der Waals surface area contributed by atoms with Gasteiger partial charge in [0.15, 0.2) is 5.78 Å². The number of hydrogen-bond acceptors (Lipinski definition) is 3. The maximum atomic E-state index is 12.4. The third-order valence-electron chi connectivity index (χ3n) is 2.84. The van der Waals surface area contributed by atoms with Crippen LogP contribution in [0, 0.1) is 5.41 Å². The molecular formula is C15H21NO3. The van der Waals surface area contributed by atoms with E-state index in [0.717, 1.165) is 5.56 Å². The molecule has 4 nitrogen and oxygen atoms in total. The van der Waals surface area contributed by atoms with Gasteiger partial charge in [0.05, 0.1) is 7.11 Å². The van der Waals surface area contributed by atoms with Crippen molar-refractivity contribution in [3.63, 3.8) is 0 Å². The maximum absolute atomic E-state index is 12.4. The Labute approximate surface area is 114 Å². The summed E-state index contributed by atoms with van der Waals surface area (Å²) in [6.45, 7) is 6.01. The SMILES string of the molecule is COC(=O)N(C)Cc1ccccc1C(=O)C(C)(C)C. The Balaban J connectivity index is 3.03. The molecule has 0 spiro atoms. The Morgan fingerprint density at radius 3 is 2.32 bits per heavy atom. The van der Waals surface area contributed by atoms with E-state index in [1.54, 1.807) is 13.1 Å². The summed E-state index contributed by atoms with van der Waals surface area (Å²) in [5.41, 5.74) is 1.04. The molecule has 0 aromatic heterocycles. The summed E-state index contributed by atoms with van der Waals surface area (Å²) in [7, 11) is 2.98. The van der Waals surface area contributed by atoms with Crippen molar-refractivity contribution in [3.8, 4) is 0 Å². The average Bonchev–Trinajstić information content (AvgIpc) is 2.36. The van der Waals surface area contributed by atoms with Crippen LogP contribution in [0.15, 0.2) is 24.3 Å². The molecule has 104 valence electrons. The first-order chi connectivity index (χ1) is 8.77. The van der Waals surface area contributed by atoms with Gasteiger partial charge in [0.1, 0.15) is 0 Å². The van der Waals surface area contributed by atoms with E-state index in [9.17, 15) is 9.59 Å². The molecule has 0 unspecified atom stereocenters. The summed E-state index contributed by atoms with van der Waals surface area (Å²) in [5.74, 6) is 0.0707. The fraction of sp³-hybridized carbons (Fsp3) is 0.467. The number of benzene rings is 1. The second kappa shape index (κ2) is 5.87. The van der Waals surface area contributed by atoms with E-state index in [1.807, 2.05) is 39.0 Å². The predicted octanol–water partition coefficient (Wildman–Crippen LogP) is 3.11. The van der Waals surface area contributed by atoms with Crippen molar-refractivity contribution in [2.45, 2.75) is 27.3 Å². The van der Waals surface area contributed by atoms with Gasteiger partial charge in [-0.2, -0.15) is 0 Å². The molecule has 1 aromatic carbocycles. The van der Waals surface area contributed by atoms with E-state index in [1.165, 1.54) is 12.0 Å². The first kappa shape index (κ1) is 15.2. The van der Waals surface area contributed by atoms with Crippen LogP contribution in [0.2, 0.25) is 0 Å². The van der Waals surface area contributed by atoms with E-state index in [-0.39, 0.29) is 5.78 Å². The third kappa shape index (κ3) is 3.81. The average molecular weight is 263 g/mol. The van der Waals surface area contributed by atoms with Gasteiger partial charge in [-0.25, -0.2) is 4.79 Å². The van der Waals surface area contributed by atoms with Gasteiger partial charge in [-0.1, -0.05) is 45.0 Å². The van der Waals surface area contributed by atoms with Crippen LogP contribution in [-0.4, -0.2) is 30.9 Å². The number of ether oxygens (including phenoxy) is 1. The molecule has 0 aliphatic rings. The molecule has 0 saturated carbocycles. The number of carbonyl (C=O) groups is 2. The highest BCUT2D eigenvalue weighted by atomic mass is 16.5. The fourth-order valence-corrected chi connectivity index (χ4v) is 1.76. The van der Waals surface area contributed by atoms with Crippen molar-refractivity contribution in [2.75, 3.05) is 14.2 Å². The minimum atomic E-state index is -0.445. The number of Topliss-reactive ketones (excluding diaryl/α,β-unsaturated/α-hetero) is 1.